The van der Waals surface area contributed by atoms with Gasteiger partial charge in [-0.05, 0) is 95.7 Å². The third kappa shape index (κ3) is 3.04. The van der Waals surface area contributed by atoms with Crippen molar-refractivity contribution in [3.63, 3.8) is 0 Å². The summed E-state index contributed by atoms with van der Waals surface area (Å²) in [5.41, 5.74) is -1.19. The van der Waals surface area contributed by atoms with E-state index in [2.05, 4.69) is 45.9 Å². The molecule has 0 N–H and O–H groups in total. The first-order valence-corrected chi connectivity index (χ1v) is 19.7. The zero-order valence-electron chi connectivity index (χ0n) is 22.2. The minimum absolute atomic E-state index is 0.0409. The summed E-state index contributed by atoms with van der Waals surface area (Å²) in [5.74, 6) is -0.854. The molecule has 4 saturated carbocycles. The molecule has 5 fully saturated rings. The standard InChI is InChI=1S/C26H42O6Si2/c1-16-14-24-15-26(16,32-34(7,8)9)18(31-33(4,5)6)13-17(24)25-12-10-11-23(2,22(28)30-25)20(25)19(24)21(27)29-3/h17-20H,1,10-15H2,2-9H3/t17?,18-,19-,20?,23?,24+,25-,26+/m1/s1. The molecule has 3 unspecified atom stereocenters. The third-order valence-corrected chi connectivity index (χ3v) is 11.6. The average Bonchev–Trinajstić information content (AvgIpc) is 3.10. The largest absolute Gasteiger partial charge is 0.469 e. The van der Waals surface area contributed by atoms with Gasteiger partial charge >= 0.3 is 11.9 Å². The maximum Gasteiger partial charge on any atom is 0.312 e. The molecule has 5 aliphatic rings. The Balaban J connectivity index is 1.71. The molecule has 190 valence electrons. The summed E-state index contributed by atoms with van der Waals surface area (Å²) in [5, 5.41) is 0. The lowest BCUT2D eigenvalue weighted by atomic mass is 9.60. The first-order valence-electron chi connectivity index (χ1n) is 12.9. The van der Waals surface area contributed by atoms with E-state index in [0.717, 1.165) is 31.3 Å². The monoisotopic (exact) mass is 506 g/mol. The molecule has 1 heterocycles. The Labute approximate surface area is 206 Å². The fourth-order valence-electron chi connectivity index (χ4n) is 9.02. The van der Waals surface area contributed by atoms with Crippen LogP contribution < -0.4 is 0 Å². The molecule has 8 heteroatoms. The summed E-state index contributed by atoms with van der Waals surface area (Å²) >= 11 is 0. The number of hydrogen-bond acceptors (Lipinski definition) is 6. The number of rotatable bonds is 5. The predicted molar refractivity (Wildman–Crippen MR) is 134 cm³/mol. The van der Waals surface area contributed by atoms with Crippen LogP contribution in [0, 0.1) is 28.6 Å². The van der Waals surface area contributed by atoms with Gasteiger partial charge in [0.1, 0.15) is 11.2 Å². The highest BCUT2D eigenvalue weighted by Crippen LogP contribution is 2.79. The zero-order valence-corrected chi connectivity index (χ0v) is 24.2. The van der Waals surface area contributed by atoms with E-state index in [9.17, 15) is 9.59 Å². The van der Waals surface area contributed by atoms with Crippen LogP contribution in [0.3, 0.4) is 0 Å². The lowest BCUT2D eigenvalue weighted by Gasteiger charge is -2.53. The minimum Gasteiger partial charge on any atom is -0.469 e. The Morgan fingerprint density at radius 2 is 1.79 bits per heavy atom. The van der Waals surface area contributed by atoms with Crippen LogP contribution in [0.5, 0.6) is 0 Å². The Kier molecular flexibility index (Phi) is 5.14. The van der Waals surface area contributed by atoms with Crippen molar-refractivity contribution >= 4 is 28.6 Å². The van der Waals surface area contributed by atoms with Crippen LogP contribution >= 0.6 is 0 Å². The molecule has 8 atom stereocenters. The van der Waals surface area contributed by atoms with Crippen LogP contribution in [0.15, 0.2) is 12.2 Å². The predicted octanol–water partition coefficient (Wildman–Crippen LogP) is 5.06. The number of fused-ring (bicyclic) bond motifs is 1. The van der Waals surface area contributed by atoms with Crippen molar-refractivity contribution in [1.29, 1.82) is 0 Å². The van der Waals surface area contributed by atoms with Gasteiger partial charge in [0.05, 0.1) is 24.5 Å². The molecule has 6 nitrogen and oxygen atoms in total. The second-order valence-corrected chi connectivity index (χ2v) is 22.8. The lowest BCUT2D eigenvalue weighted by Crippen LogP contribution is -2.60. The molecule has 5 rings (SSSR count). The van der Waals surface area contributed by atoms with Crippen LogP contribution in [0.4, 0.5) is 0 Å². The topological polar surface area (TPSA) is 71.1 Å². The Bertz CT molecular complexity index is 952. The molecule has 0 radical (unpaired) electrons. The lowest BCUT2D eigenvalue weighted by molar-refractivity contribution is -0.169. The summed E-state index contributed by atoms with van der Waals surface area (Å²) in [7, 11) is -2.44. The van der Waals surface area contributed by atoms with Crippen LogP contribution in [0.1, 0.15) is 45.4 Å². The number of hydrogen-bond donors (Lipinski definition) is 0. The molecule has 0 amide bonds. The Morgan fingerprint density at radius 3 is 2.38 bits per heavy atom. The van der Waals surface area contributed by atoms with E-state index in [1.807, 2.05) is 6.92 Å². The van der Waals surface area contributed by atoms with E-state index in [0.29, 0.717) is 12.8 Å². The van der Waals surface area contributed by atoms with E-state index in [-0.39, 0.29) is 35.3 Å². The number of methoxy groups -OCH3 is 1. The molecule has 34 heavy (non-hydrogen) atoms. The maximum atomic E-state index is 13.6. The van der Waals surface area contributed by atoms with Gasteiger partial charge in [-0.2, -0.15) is 0 Å². The van der Waals surface area contributed by atoms with Crippen LogP contribution in [0.25, 0.3) is 0 Å². The molecule has 0 aromatic carbocycles. The van der Waals surface area contributed by atoms with Gasteiger partial charge in [0, 0.05) is 11.8 Å². The van der Waals surface area contributed by atoms with Crippen molar-refractivity contribution in [3.8, 4) is 0 Å². The fraction of sp³-hybridized carbons (Fsp3) is 0.846. The second kappa shape index (κ2) is 7.08. The summed E-state index contributed by atoms with van der Waals surface area (Å²) in [6, 6.07) is 0. The molecular weight excluding hydrogens is 464 g/mol. The van der Waals surface area contributed by atoms with Gasteiger partial charge in [-0.1, -0.05) is 6.58 Å². The highest BCUT2D eigenvalue weighted by Gasteiger charge is 2.84. The second-order valence-electron chi connectivity index (χ2n) is 13.9. The van der Waals surface area contributed by atoms with Gasteiger partial charge in [-0.15, -0.1) is 0 Å². The normalized spacial score (nSPS) is 47.3. The summed E-state index contributed by atoms with van der Waals surface area (Å²) in [4.78, 5) is 26.9. The summed E-state index contributed by atoms with van der Waals surface area (Å²) in [6.45, 7) is 19.9. The Hall–Kier alpha value is -0.966. The van der Waals surface area contributed by atoms with Crippen LogP contribution in [-0.4, -0.2) is 53.0 Å². The smallest absolute Gasteiger partial charge is 0.312 e. The van der Waals surface area contributed by atoms with Crippen molar-refractivity contribution in [2.24, 2.45) is 28.6 Å². The van der Waals surface area contributed by atoms with E-state index in [1.165, 1.54) is 7.11 Å². The third-order valence-electron chi connectivity index (χ3n) is 9.60. The maximum absolute atomic E-state index is 13.6. The van der Waals surface area contributed by atoms with Gasteiger partial charge in [-0.3, -0.25) is 9.59 Å². The zero-order chi connectivity index (χ0) is 25.1. The quantitative estimate of drug-likeness (QED) is 0.295. The number of carbonyl (C=O) groups excluding carboxylic acids is 2. The first kappa shape index (κ1) is 24.7. The molecule has 1 saturated heterocycles. The average molecular weight is 507 g/mol. The van der Waals surface area contributed by atoms with Gasteiger partial charge in [0.25, 0.3) is 0 Å². The van der Waals surface area contributed by atoms with Gasteiger partial charge in [0.15, 0.2) is 16.6 Å². The van der Waals surface area contributed by atoms with Crippen molar-refractivity contribution < 1.29 is 27.9 Å². The van der Waals surface area contributed by atoms with Crippen LogP contribution in [-0.2, 0) is 27.9 Å². The van der Waals surface area contributed by atoms with Gasteiger partial charge in [-0.25, -0.2) is 0 Å². The SMILES string of the molecule is C=C1C[C@]23C[C@@]1(O[Si](C)(C)C)[C@H](O[Si](C)(C)C)CC2[C@@]12CCCC(C)(C(=O)O1)C2[C@@H]3C(=O)OC. The summed E-state index contributed by atoms with van der Waals surface area (Å²) < 4.78 is 25.9. The van der Waals surface area contributed by atoms with Gasteiger partial charge < -0.3 is 18.3 Å². The van der Waals surface area contributed by atoms with E-state index >= 15 is 0 Å². The molecular formula is C26H42O6Si2. The number of ether oxygens (including phenoxy) is 2. The van der Waals surface area contributed by atoms with E-state index < -0.39 is 39.2 Å². The van der Waals surface area contributed by atoms with Crippen molar-refractivity contribution in [2.45, 2.75) is 102 Å². The van der Waals surface area contributed by atoms with Crippen molar-refractivity contribution in [2.75, 3.05) is 7.11 Å². The van der Waals surface area contributed by atoms with Crippen LogP contribution in [0.2, 0.25) is 39.3 Å². The molecule has 0 aromatic heterocycles. The molecule has 1 aliphatic heterocycles. The number of carbonyl (C=O) groups is 2. The van der Waals surface area contributed by atoms with Gasteiger partial charge in [0.2, 0.25) is 0 Å². The van der Waals surface area contributed by atoms with E-state index in [1.54, 1.807) is 0 Å². The summed E-state index contributed by atoms with van der Waals surface area (Å²) in [6.07, 6.45) is 4.52. The first-order chi connectivity index (χ1) is 15.5. The molecule has 4 bridgehead atoms. The molecule has 1 spiro atoms. The highest BCUT2D eigenvalue weighted by atomic mass is 28.4. The Morgan fingerprint density at radius 1 is 1.12 bits per heavy atom. The van der Waals surface area contributed by atoms with Crippen molar-refractivity contribution in [3.05, 3.63) is 12.2 Å². The fourth-order valence-corrected chi connectivity index (χ4v) is 11.6. The molecule has 0 aromatic rings. The number of esters is 2. The minimum atomic E-state index is -1.98. The highest BCUT2D eigenvalue weighted by molar-refractivity contribution is 6.70. The molecule has 4 aliphatic carbocycles. The van der Waals surface area contributed by atoms with E-state index in [4.69, 9.17) is 18.3 Å². The van der Waals surface area contributed by atoms with Crippen molar-refractivity contribution in [1.82, 2.24) is 0 Å².